The summed E-state index contributed by atoms with van der Waals surface area (Å²) in [5.74, 6) is 0. The van der Waals surface area contributed by atoms with E-state index in [1.807, 2.05) is 0 Å². The van der Waals surface area contributed by atoms with E-state index in [1.165, 1.54) is 16.5 Å². The molecule has 0 radical (unpaired) electrons. The number of nitrogens with zero attached hydrogens (tertiary/aromatic N) is 2. The van der Waals surface area contributed by atoms with Gasteiger partial charge in [-0.2, -0.15) is 18.3 Å². The van der Waals surface area contributed by atoms with Crippen LogP contribution in [0, 0.1) is 0 Å². The second-order valence-electron chi connectivity index (χ2n) is 4.21. The number of hydrogen-bond donors (Lipinski definition) is 1. The largest absolute Gasteiger partial charge is 0.416 e. The maximum absolute atomic E-state index is 12.5. The van der Waals surface area contributed by atoms with Gasteiger partial charge >= 0.3 is 11.9 Å². The first-order chi connectivity index (χ1) is 9.47. The van der Waals surface area contributed by atoms with Crippen molar-refractivity contribution in [1.82, 2.24) is 14.6 Å². The van der Waals surface area contributed by atoms with Gasteiger partial charge in [-0.3, -0.25) is 0 Å². The van der Waals surface area contributed by atoms with Gasteiger partial charge in [0, 0.05) is 0 Å². The Labute approximate surface area is 110 Å². The third-order valence-electron chi connectivity index (χ3n) is 2.95. The topological polar surface area (TPSA) is 50.2 Å². The van der Waals surface area contributed by atoms with Gasteiger partial charge in [0.15, 0.2) is 5.65 Å². The van der Waals surface area contributed by atoms with Gasteiger partial charge < -0.3 is 0 Å². The lowest BCUT2D eigenvalue weighted by Crippen LogP contribution is -2.11. The number of nitrogens with one attached hydrogen (secondary N) is 1. The fourth-order valence-electron chi connectivity index (χ4n) is 2.01. The van der Waals surface area contributed by atoms with Crippen molar-refractivity contribution in [2.45, 2.75) is 6.18 Å². The molecule has 20 heavy (non-hydrogen) atoms. The first kappa shape index (κ1) is 12.5. The Kier molecular flexibility index (Phi) is 2.63. The van der Waals surface area contributed by atoms with Crippen molar-refractivity contribution in [2.75, 3.05) is 0 Å². The molecule has 3 aromatic rings. The fraction of sp³-hybridized carbons (Fsp3) is 0.0769. The molecule has 102 valence electrons. The van der Waals surface area contributed by atoms with E-state index in [-0.39, 0.29) is 0 Å². The molecule has 0 spiro atoms. The van der Waals surface area contributed by atoms with Gasteiger partial charge in [-0.1, -0.05) is 18.2 Å². The summed E-state index contributed by atoms with van der Waals surface area (Å²) in [6.45, 7) is 0. The lowest BCUT2D eigenvalue weighted by Gasteiger charge is -2.08. The van der Waals surface area contributed by atoms with E-state index in [4.69, 9.17) is 0 Å². The summed E-state index contributed by atoms with van der Waals surface area (Å²) in [4.78, 5) is 11.7. The van der Waals surface area contributed by atoms with Crippen molar-refractivity contribution < 1.29 is 13.2 Å². The molecule has 1 aromatic carbocycles. The van der Waals surface area contributed by atoms with E-state index < -0.39 is 17.4 Å². The molecule has 0 unspecified atom stereocenters. The number of benzene rings is 1. The SMILES string of the molecule is O=c1[nH]nc2cccc(-c3ccc(C(F)(F)F)cc3)n12. The highest BCUT2D eigenvalue weighted by atomic mass is 19.4. The molecular weight excluding hydrogens is 271 g/mol. The third-order valence-corrected chi connectivity index (χ3v) is 2.95. The summed E-state index contributed by atoms with van der Waals surface area (Å²) in [7, 11) is 0. The highest BCUT2D eigenvalue weighted by molar-refractivity contribution is 5.63. The Hall–Kier alpha value is -2.57. The zero-order valence-electron chi connectivity index (χ0n) is 9.98. The molecule has 4 nitrogen and oxygen atoms in total. The van der Waals surface area contributed by atoms with Crippen LogP contribution in [0.5, 0.6) is 0 Å². The van der Waals surface area contributed by atoms with Gasteiger partial charge in [0.1, 0.15) is 0 Å². The number of fused-ring (bicyclic) bond motifs is 1. The third kappa shape index (κ3) is 1.97. The summed E-state index contributed by atoms with van der Waals surface area (Å²) < 4.78 is 38.9. The molecule has 1 N–H and O–H groups in total. The molecule has 2 aromatic heterocycles. The summed E-state index contributed by atoms with van der Waals surface area (Å²) in [6.07, 6.45) is -4.38. The van der Waals surface area contributed by atoms with Crippen molar-refractivity contribution in [3.63, 3.8) is 0 Å². The number of aromatic amines is 1. The molecule has 7 heteroatoms. The van der Waals surface area contributed by atoms with Crippen LogP contribution in [0.4, 0.5) is 13.2 Å². The van der Waals surface area contributed by atoms with Crippen LogP contribution in [0.25, 0.3) is 16.9 Å². The Morgan fingerprint density at radius 2 is 1.75 bits per heavy atom. The van der Waals surface area contributed by atoms with E-state index in [0.29, 0.717) is 16.9 Å². The molecule has 0 amide bonds. The number of aromatic nitrogens is 3. The van der Waals surface area contributed by atoms with Crippen molar-refractivity contribution in [3.8, 4) is 11.3 Å². The molecular formula is C13H8F3N3O. The molecule has 0 saturated carbocycles. The molecule has 0 bridgehead atoms. The van der Waals surface area contributed by atoms with Crippen LogP contribution in [-0.2, 0) is 6.18 Å². The number of pyridine rings is 1. The second kappa shape index (κ2) is 4.22. The lowest BCUT2D eigenvalue weighted by atomic mass is 10.1. The summed E-state index contributed by atoms with van der Waals surface area (Å²) in [5.41, 5.74) is 0.234. The molecule has 0 atom stereocenters. The lowest BCUT2D eigenvalue weighted by molar-refractivity contribution is -0.137. The molecule has 2 heterocycles. The van der Waals surface area contributed by atoms with Crippen LogP contribution in [0.2, 0.25) is 0 Å². The molecule has 0 aliphatic carbocycles. The highest BCUT2D eigenvalue weighted by Crippen LogP contribution is 2.30. The average molecular weight is 279 g/mol. The monoisotopic (exact) mass is 279 g/mol. The van der Waals surface area contributed by atoms with E-state index in [1.54, 1.807) is 18.2 Å². The summed E-state index contributed by atoms with van der Waals surface area (Å²) >= 11 is 0. The van der Waals surface area contributed by atoms with E-state index >= 15 is 0 Å². The van der Waals surface area contributed by atoms with Crippen LogP contribution in [0.1, 0.15) is 5.56 Å². The molecule has 0 aliphatic rings. The number of halogens is 3. The Morgan fingerprint density at radius 1 is 1.05 bits per heavy atom. The minimum absolute atomic E-state index is 0.410. The summed E-state index contributed by atoms with van der Waals surface area (Å²) in [6, 6.07) is 9.59. The van der Waals surface area contributed by atoms with Gasteiger partial charge in [0.2, 0.25) is 0 Å². The van der Waals surface area contributed by atoms with Crippen LogP contribution in [-0.4, -0.2) is 14.6 Å². The van der Waals surface area contributed by atoms with Crippen LogP contribution in [0.15, 0.2) is 47.3 Å². The second-order valence-corrected chi connectivity index (χ2v) is 4.21. The number of hydrogen-bond acceptors (Lipinski definition) is 2. The predicted octanol–water partition coefficient (Wildman–Crippen LogP) is 2.71. The first-order valence-corrected chi connectivity index (χ1v) is 5.70. The first-order valence-electron chi connectivity index (χ1n) is 5.70. The maximum Gasteiger partial charge on any atom is 0.416 e. The highest BCUT2D eigenvalue weighted by Gasteiger charge is 2.30. The molecule has 0 aliphatic heterocycles. The van der Waals surface area contributed by atoms with Gasteiger partial charge in [0.05, 0.1) is 11.3 Å². The standard InChI is InChI=1S/C13H8F3N3O/c14-13(15,16)9-6-4-8(5-7-9)10-2-1-3-11-17-18-12(20)19(10)11/h1-7H,(H,18,20). The number of rotatable bonds is 1. The minimum atomic E-state index is -4.38. The van der Waals surface area contributed by atoms with Crippen LogP contribution >= 0.6 is 0 Å². The van der Waals surface area contributed by atoms with Crippen molar-refractivity contribution in [3.05, 3.63) is 58.5 Å². The Morgan fingerprint density at radius 3 is 2.40 bits per heavy atom. The van der Waals surface area contributed by atoms with E-state index in [2.05, 4.69) is 10.2 Å². The normalized spacial score (nSPS) is 11.9. The van der Waals surface area contributed by atoms with Crippen molar-refractivity contribution >= 4 is 5.65 Å². The van der Waals surface area contributed by atoms with E-state index in [9.17, 15) is 18.0 Å². The van der Waals surface area contributed by atoms with Crippen molar-refractivity contribution in [1.29, 1.82) is 0 Å². The van der Waals surface area contributed by atoms with Gasteiger partial charge in [-0.25, -0.2) is 14.3 Å². The molecule has 3 rings (SSSR count). The zero-order chi connectivity index (χ0) is 14.3. The zero-order valence-corrected chi connectivity index (χ0v) is 9.98. The predicted molar refractivity (Wildman–Crippen MR) is 66.3 cm³/mol. The van der Waals surface area contributed by atoms with Gasteiger partial charge in [0.25, 0.3) is 0 Å². The van der Waals surface area contributed by atoms with E-state index in [0.717, 1.165) is 12.1 Å². The maximum atomic E-state index is 12.5. The minimum Gasteiger partial charge on any atom is -0.246 e. The quantitative estimate of drug-likeness (QED) is 0.744. The average Bonchev–Trinajstić information content (AvgIpc) is 2.80. The number of H-pyrrole nitrogens is 1. The van der Waals surface area contributed by atoms with Crippen molar-refractivity contribution in [2.24, 2.45) is 0 Å². The molecule has 0 saturated heterocycles. The Balaban J connectivity index is 2.17. The summed E-state index contributed by atoms with van der Waals surface area (Å²) in [5, 5.41) is 6.11. The smallest absolute Gasteiger partial charge is 0.246 e. The Bertz CT molecular complexity index is 815. The fourth-order valence-corrected chi connectivity index (χ4v) is 2.01. The molecule has 0 fully saturated rings. The van der Waals surface area contributed by atoms with Crippen LogP contribution in [0.3, 0.4) is 0 Å². The van der Waals surface area contributed by atoms with Crippen LogP contribution < -0.4 is 5.69 Å². The van der Waals surface area contributed by atoms with Gasteiger partial charge in [-0.15, -0.1) is 0 Å². The number of alkyl halides is 3. The van der Waals surface area contributed by atoms with Gasteiger partial charge in [-0.05, 0) is 29.8 Å².